The van der Waals surface area contributed by atoms with E-state index in [4.69, 9.17) is 6.42 Å². The van der Waals surface area contributed by atoms with Gasteiger partial charge in [0.05, 0.1) is 24.0 Å². The van der Waals surface area contributed by atoms with Crippen LogP contribution in [0, 0.1) is 18.3 Å². The molecule has 1 aliphatic heterocycles. The second kappa shape index (κ2) is 9.00. The third kappa shape index (κ3) is 4.42. The van der Waals surface area contributed by atoms with Gasteiger partial charge in [-0.15, -0.1) is 6.42 Å². The predicted octanol–water partition coefficient (Wildman–Crippen LogP) is 0.464. The zero-order chi connectivity index (χ0) is 24.6. The number of benzene rings is 1. The number of fused-ring (bicyclic) bond motifs is 1. The van der Waals surface area contributed by atoms with Crippen LogP contribution in [-0.2, 0) is 16.1 Å². The highest BCUT2D eigenvalue weighted by Crippen LogP contribution is 2.32. The van der Waals surface area contributed by atoms with E-state index in [1.807, 2.05) is 36.3 Å². The lowest BCUT2D eigenvalue weighted by Crippen LogP contribution is -2.54. The van der Waals surface area contributed by atoms with E-state index in [9.17, 15) is 19.5 Å². The molecular weight excluding hydrogens is 448 g/mol. The first-order valence-electron chi connectivity index (χ1n) is 11.6. The summed E-state index contributed by atoms with van der Waals surface area (Å²) in [7, 11) is 0. The topological polar surface area (TPSA) is 122 Å². The van der Waals surface area contributed by atoms with Crippen molar-refractivity contribution in [2.24, 2.45) is 5.92 Å². The van der Waals surface area contributed by atoms with E-state index in [1.54, 1.807) is 9.58 Å². The van der Waals surface area contributed by atoms with Crippen molar-refractivity contribution in [2.75, 3.05) is 13.1 Å². The van der Waals surface area contributed by atoms with E-state index in [0.717, 1.165) is 5.69 Å². The summed E-state index contributed by atoms with van der Waals surface area (Å²) in [5.41, 5.74) is -0.117. The molecule has 10 nitrogen and oxygen atoms in total. The minimum Gasteiger partial charge on any atom is -0.388 e. The van der Waals surface area contributed by atoms with E-state index in [2.05, 4.69) is 15.4 Å². The lowest BCUT2D eigenvalue weighted by Gasteiger charge is -2.42. The molecule has 3 aromatic rings. The number of nitrogens with one attached hydrogen (secondary N) is 1. The number of carbonyl (C=O) groups excluding carboxylic acids is 2. The van der Waals surface area contributed by atoms with Gasteiger partial charge in [0.25, 0.3) is 11.5 Å². The second-order valence-electron chi connectivity index (χ2n) is 9.34. The van der Waals surface area contributed by atoms with E-state index in [0.29, 0.717) is 49.8 Å². The van der Waals surface area contributed by atoms with Gasteiger partial charge in [-0.25, -0.2) is 9.67 Å². The van der Waals surface area contributed by atoms with Gasteiger partial charge < -0.3 is 15.3 Å². The molecule has 0 atom stereocenters. The molecule has 2 fully saturated rings. The molecule has 180 valence electrons. The maximum Gasteiger partial charge on any atom is 0.295 e. The Kier molecular flexibility index (Phi) is 5.86. The van der Waals surface area contributed by atoms with Crippen LogP contribution in [0.1, 0.15) is 25.7 Å². The van der Waals surface area contributed by atoms with E-state index in [-0.39, 0.29) is 30.0 Å². The Morgan fingerprint density at radius 1 is 1.20 bits per heavy atom. The fourth-order valence-corrected chi connectivity index (χ4v) is 4.86. The van der Waals surface area contributed by atoms with Crippen molar-refractivity contribution in [3.05, 3.63) is 53.2 Å². The van der Waals surface area contributed by atoms with Gasteiger partial charge in [-0.1, -0.05) is 18.2 Å². The number of amides is 2. The quantitative estimate of drug-likeness (QED) is 0.518. The molecule has 0 spiro atoms. The Morgan fingerprint density at radius 3 is 2.60 bits per heavy atom. The third-order valence-corrected chi connectivity index (χ3v) is 6.98. The molecule has 2 N–H and O–H groups in total. The van der Waals surface area contributed by atoms with Crippen molar-refractivity contribution in [1.82, 2.24) is 29.5 Å². The standard InChI is InChI=1S/C25H26N6O4/c1-2-21(32)28-18-12-17(13-18)23(33)29-10-8-25(35,9-11-29)15-30-16-26-22-20(24(30)34)14-27-31(22)19-6-4-3-5-7-19/h1,3-7,14,16-18,35H,8-13,15H2,(H,28,32). The van der Waals surface area contributed by atoms with Crippen LogP contribution in [0.15, 0.2) is 47.7 Å². The molecule has 2 amide bonds. The van der Waals surface area contributed by atoms with Crippen molar-refractivity contribution in [1.29, 1.82) is 0 Å². The lowest BCUT2D eigenvalue weighted by molar-refractivity contribution is -0.144. The average Bonchev–Trinajstić information content (AvgIpc) is 3.28. The first-order chi connectivity index (χ1) is 16.9. The number of para-hydroxylation sites is 1. The molecule has 1 aliphatic carbocycles. The first kappa shape index (κ1) is 22.8. The minimum atomic E-state index is -1.12. The van der Waals surface area contributed by atoms with Crippen LogP contribution in [0.4, 0.5) is 0 Å². The first-order valence-corrected chi connectivity index (χ1v) is 11.6. The van der Waals surface area contributed by atoms with Crippen LogP contribution in [0.25, 0.3) is 16.7 Å². The highest BCUT2D eigenvalue weighted by Gasteiger charge is 2.41. The minimum absolute atomic E-state index is 0.0341. The van der Waals surface area contributed by atoms with Gasteiger partial charge in [0.2, 0.25) is 5.91 Å². The van der Waals surface area contributed by atoms with Crippen molar-refractivity contribution in [2.45, 2.75) is 43.9 Å². The molecule has 3 heterocycles. The number of nitrogens with zero attached hydrogens (tertiary/aromatic N) is 5. The van der Waals surface area contributed by atoms with Crippen LogP contribution in [-0.4, -0.2) is 65.9 Å². The summed E-state index contributed by atoms with van der Waals surface area (Å²) in [4.78, 5) is 43.3. The van der Waals surface area contributed by atoms with Gasteiger partial charge in [0.15, 0.2) is 5.65 Å². The number of rotatable bonds is 5. The summed E-state index contributed by atoms with van der Waals surface area (Å²) >= 11 is 0. The number of piperidine rings is 1. The highest BCUT2D eigenvalue weighted by molar-refractivity contribution is 5.93. The van der Waals surface area contributed by atoms with Crippen molar-refractivity contribution in [3.63, 3.8) is 0 Å². The molecule has 35 heavy (non-hydrogen) atoms. The largest absolute Gasteiger partial charge is 0.388 e. The molecule has 1 saturated carbocycles. The van der Waals surface area contributed by atoms with Crippen LogP contribution in [0.5, 0.6) is 0 Å². The van der Waals surface area contributed by atoms with Gasteiger partial charge in [-0.3, -0.25) is 19.0 Å². The smallest absolute Gasteiger partial charge is 0.295 e. The molecule has 0 radical (unpaired) electrons. The monoisotopic (exact) mass is 474 g/mol. The fraction of sp³-hybridized carbons (Fsp3) is 0.400. The molecule has 0 bridgehead atoms. The Bertz CT molecular complexity index is 1360. The van der Waals surface area contributed by atoms with E-state index in [1.165, 1.54) is 17.1 Å². The SMILES string of the molecule is C#CC(=O)NC1CC(C(=O)N2CCC(O)(Cn3cnc4c(cnn4-c4ccccc4)c3=O)CC2)C1. The molecule has 1 saturated heterocycles. The zero-order valence-corrected chi connectivity index (χ0v) is 19.1. The van der Waals surface area contributed by atoms with Crippen molar-refractivity contribution in [3.8, 4) is 18.0 Å². The second-order valence-corrected chi connectivity index (χ2v) is 9.34. The highest BCUT2D eigenvalue weighted by atomic mass is 16.3. The third-order valence-electron chi connectivity index (χ3n) is 6.98. The predicted molar refractivity (Wildman–Crippen MR) is 127 cm³/mol. The van der Waals surface area contributed by atoms with Crippen LogP contribution < -0.4 is 10.9 Å². The summed E-state index contributed by atoms with van der Waals surface area (Å²) in [5.74, 6) is 1.45. The molecule has 1 aromatic carbocycles. The summed E-state index contributed by atoms with van der Waals surface area (Å²) in [6.07, 6.45) is 9.87. The number of hydrogen-bond acceptors (Lipinski definition) is 6. The molecule has 0 unspecified atom stereocenters. The average molecular weight is 475 g/mol. The van der Waals surface area contributed by atoms with Gasteiger partial charge in [0.1, 0.15) is 11.7 Å². The molecule has 2 aromatic heterocycles. The van der Waals surface area contributed by atoms with Gasteiger partial charge in [-0.2, -0.15) is 5.10 Å². The molecular formula is C25H26N6O4. The molecule has 2 aliphatic rings. The number of aliphatic hydroxyl groups is 1. The van der Waals surface area contributed by atoms with Gasteiger partial charge in [-0.05, 0) is 43.7 Å². The van der Waals surface area contributed by atoms with Gasteiger partial charge >= 0.3 is 0 Å². The number of hydrogen-bond donors (Lipinski definition) is 2. The summed E-state index contributed by atoms with van der Waals surface area (Å²) in [6, 6.07) is 9.38. The number of aromatic nitrogens is 4. The van der Waals surface area contributed by atoms with Crippen LogP contribution in [0.3, 0.4) is 0 Å². The summed E-state index contributed by atoms with van der Waals surface area (Å²) in [6.45, 7) is 0.907. The van der Waals surface area contributed by atoms with E-state index >= 15 is 0 Å². The van der Waals surface area contributed by atoms with Crippen molar-refractivity contribution >= 4 is 22.8 Å². The fourth-order valence-electron chi connectivity index (χ4n) is 4.86. The Hall–Kier alpha value is -3.97. The van der Waals surface area contributed by atoms with Gasteiger partial charge in [0, 0.05) is 25.0 Å². The molecule has 10 heteroatoms. The summed E-state index contributed by atoms with van der Waals surface area (Å²) < 4.78 is 3.03. The Morgan fingerprint density at radius 2 is 1.91 bits per heavy atom. The maximum atomic E-state index is 13.1. The molecule has 5 rings (SSSR count). The Balaban J connectivity index is 1.22. The normalized spacial score (nSPS) is 21.2. The number of likely N-dealkylation sites (tertiary alicyclic amines) is 1. The Labute approximate surface area is 201 Å². The zero-order valence-electron chi connectivity index (χ0n) is 19.1. The summed E-state index contributed by atoms with van der Waals surface area (Å²) in [5, 5.41) is 18.6. The van der Waals surface area contributed by atoms with E-state index < -0.39 is 11.5 Å². The van der Waals surface area contributed by atoms with Crippen LogP contribution in [0.2, 0.25) is 0 Å². The lowest BCUT2D eigenvalue weighted by atomic mass is 9.78. The number of terminal acetylenes is 1. The number of carbonyl (C=O) groups is 2. The van der Waals surface area contributed by atoms with Crippen molar-refractivity contribution < 1.29 is 14.7 Å². The maximum absolute atomic E-state index is 13.1. The van der Waals surface area contributed by atoms with Crippen LogP contribution >= 0.6 is 0 Å².